The Bertz CT molecular complexity index is 430. The van der Waals surface area contributed by atoms with Crippen LogP contribution in [0.25, 0.3) is 0 Å². The summed E-state index contributed by atoms with van der Waals surface area (Å²) in [6.07, 6.45) is 1.90. The lowest BCUT2D eigenvalue weighted by molar-refractivity contribution is -0.150. The van der Waals surface area contributed by atoms with Crippen LogP contribution in [0.5, 0.6) is 0 Å². The molecule has 4 heteroatoms. The molecule has 1 fully saturated rings. The van der Waals surface area contributed by atoms with Crippen LogP contribution in [-0.2, 0) is 20.7 Å². The van der Waals surface area contributed by atoms with E-state index in [9.17, 15) is 9.59 Å². The molecule has 96 valence electrons. The van der Waals surface area contributed by atoms with Gasteiger partial charge in [-0.15, -0.1) is 0 Å². The molecule has 1 atom stereocenters. The predicted octanol–water partition coefficient (Wildman–Crippen LogP) is 1.39. The van der Waals surface area contributed by atoms with E-state index in [1.54, 1.807) is 4.90 Å². The molecule has 1 saturated heterocycles. The quantitative estimate of drug-likeness (QED) is 0.758. The van der Waals surface area contributed by atoms with Crippen molar-refractivity contribution in [2.45, 2.75) is 25.3 Å². The molecular weight excluding hydrogens is 230 g/mol. The van der Waals surface area contributed by atoms with Crippen molar-refractivity contribution in [2.75, 3.05) is 13.7 Å². The zero-order valence-corrected chi connectivity index (χ0v) is 10.5. The number of amides is 1. The van der Waals surface area contributed by atoms with E-state index in [4.69, 9.17) is 4.74 Å². The van der Waals surface area contributed by atoms with Crippen LogP contribution in [0.4, 0.5) is 0 Å². The summed E-state index contributed by atoms with van der Waals surface area (Å²) in [5.74, 6) is -0.317. The van der Waals surface area contributed by atoms with Crippen LogP contribution >= 0.6 is 0 Å². The van der Waals surface area contributed by atoms with Gasteiger partial charge in [-0.3, -0.25) is 4.79 Å². The van der Waals surface area contributed by atoms with Crippen molar-refractivity contribution in [3.8, 4) is 0 Å². The van der Waals surface area contributed by atoms with Crippen molar-refractivity contribution in [3.05, 3.63) is 35.9 Å². The molecule has 0 spiro atoms. The number of hydrogen-bond donors (Lipinski definition) is 0. The molecule has 1 aliphatic heterocycles. The van der Waals surface area contributed by atoms with E-state index in [0.717, 1.165) is 12.0 Å². The maximum absolute atomic E-state index is 12.2. The first-order valence-corrected chi connectivity index (χ1v) is 6.13. The van der Waals surface area contributed by atoms with Crippen LogP contribution in [-0.4, -0.2) is 36.5 Å². The second-order valence-corrected chi connectivity index (χ2v) is 4.43. The first-order chi connectivity index (χ1) is 8.72. The predicted molar refractivity (Wildman–Crippen MR) is 66.9 cm³/mol. The van der Waals surface area contributed by atoms with E-state index < -0.39 is 6.04 Å². The summed E-state index contributed by atoms with van der Waals surface area (Å²) in [5, 5.41) is 0. The number of benzene rings is 1. The Morgan fingerprint density at radius 1 is 1.33 bits per heavy atom. The first kappa shape index (κ1) is 12.6. The van der Waals surface area contributed by atoms with E-state index in [1.807, 2.05) is 30.3 Å². The SMILES string of the molecule is COC(=O)C1CCCN1C(=O)Cc1ccccc1. The van der Waals surface area contributed by atoms with Gasteiger partial charge in [0.05, 0.1) is 13.5 Å². The Morgan fingerprint density at radius 3 is 2.72 bits per heavy atom. The van der Waals surface area contributed by atoms with Crippen LogP contribution in [0.2, 0.25) is 0 Å². The van der Waals surface area contributed by atoms with Gasteiger partial charge < -0.3 is 9.64 Å². The highest BCUT2D eigenvalue weighted by molar-refractivity contribution is 5.86. The number of hydrogen-bond acceptors (Lipinski definition) is 3. The number of ether oxygens (including phenoxy) is 1. The lowest BCUT2D eigenvalue weighted by Gasteiger charge is -2.22. The maximum Gasteiger partial charge on any atom is 0.328 e. The molecule has 18 heavy (non-hydrogen) atoms. The molecule has 0 saturated carbocycles. The Balaban J connectivity index is 2.02. The van der Waals surface area contributed by atoms with Gasteiger partial charge in [-0.05, 0) is 18.4 Å². The smallest absolute Gasteiger partial charge is 0.328 e. The van der Waals surface area contributed by atoms with Gasteiger partial charge in [0, 0.05) is 6.54 Å². The van der Waals surface area contributed by atoms with Crippen molar-refractivity contribution >= 4 is 11.9 Å². The minimum Gasteiger partial charge on any atom is -0.467 e. The average Bonchev–Trinajstić information content (AvgIpc) is 2.88. The molecule has 0 aliphatic carbocycles. The van der Waals surface area contributed by atoms with Gasteiger partial charge in [-0.1, -0.05) is 30.3 Å². The van der Waals surface area contributed by atoms with Gasteiger partial charge in [0.1, 0.15) is 6.04 Å². The van der Waals surface area contributed by atoms with Crippen LogP contribution in [0, 0.1) is 0 Å². The molecule has 0 radical (unpaired) electrons. The standard InChI is InChI=1S/C14H17NO3/c1-18-14(17)12-8-5-9-15(12)13(16)10-11-6-3-2-4-7-11/h2-4,6-7,12H,5,8-10H2,1H3. The largest absolute Gasteiger partial charge is 0.467 e. The third-order valence-electron chi connectivity index (χ3n) is 3.24. The summed E-state index contributed by atoms with van der Waals surface area (Å²) >= 11 is 0. The van der Waals surface area contributed by atoms with Crippen LogP contribution in [0.1, 0.15) is 18.4 Å². The first-order valence-electron chi connectivity index (χ1n) is 6.13. The van der Waals surface area contributed by atoms with Gasteiger partial charge in [0.25, 0.3) is 0 Å². The third kappa shape index (κ3) is 2.70. The fraction of sp³-hybridized carbons (Fsp3) is 0.429. The maximum atomic E-state index is 12.2. The number of nitrogens with zero attached hydrogens (tertiary/aromatic N) is 1. The Morgan fingerprint density at radius 2 is 2.06 bits per heavy atom. The number of carbonyl (C=O) groups excluding carboxylic acids is 2. The number of carbonyl (C=O) groups is 2. The van der Waals surface area contributed by atoms with Crippen molar-refractivity contribution in [3.63, 3.8) is 0 Å². The lowest BCUT2D eigenvalue weighted by atomic mass is 10.1. The normalized spacial score (nSPS) is 18.7. The molecule has 0 bridgehead atoms. The summed E-state index contributed by atoms with van der Waals surface area (Å²) in [7, 11) is 1.36. The summed E-state index contributed by atoms with van der Waals surface area (Å²) in [6.45, 7) is 0.644. The molecule has 1 amide bonds. The minimum absolute atomic E-state index is 0.00546. The highest BCUT2D eigenvalue weighted by Gasteiger charge is 2.34. The third-order valence-corrected chi connectivity index (χ3v) is 3.24. The van der Waals surface area contributed by atoms with Crippen molar-refractivity contribution in [1.29, 1.82) is 0 Å². The van der Waals surface area contributed by atoms with E-state index in [1.165, 1.54) is 7.11 Å². The van der Waals surface area contributed by atoms with Gasteiger partial charge in [0.15, 0.2) is 0 Å². The van der Waals surface area contributed by atoms with Crippen molar-refractivity contribution in [1.82, 2.24) is 4.90 Å². The molecule has 0 N–H and O–H groups in total. The molecule has 2 rings (SSSR count). The molecule has 1 aromatic carbocycles. The summed E-state index contributed by atoms with van der Waals surface area (Å²) in [5.41, 5.74) is 0.970. The Labute approximate surface area is 107 Å². The van der Waals surface area contributed by atoms with Gasteiger partial charge in [-0.2, -0.15) is 0 Å². The fourth-order valence-electron chi connectivity index (χ4n) is 2.32. The number of esters is 1. The average molecular weight is 247 g/mol. The Hall–Kier alpha value is -1.84. The topological polar surface area (TPSA) is 46.6 Å². The van der Waals surface area contributed by atoms with Gasteiger partial charge in [0.2, 0.25) is 5.91 Å². The molecule has 1 aromatic rings. The summed E-state index contributed by atoms with van der Waals surface area (Å²) in [4.78, 5) is 25.4. The zero-order valence-electron chi connectivity index (χ0n) is 10.5. The highest BCUT2D eigenvalue weighted by atomic mass is 16.5. The molecule has 1 aliphatic rings. The molecule has 0 aromatic heterocycles. The highest BCUT2D eigenvalue weighted by Crippen LogP contribution is 2.19. The lowest BCUT2D eigenvalue weighted by Crippen LogP contribution is -2.41. The molecule has 4 nitrogen and oxygen atoms in total. The van der Waals surface area contributed by atoms with E-state index in [-0.39, 0.29) is 11.9 Å². The number of likely N-dealkylation sites (tertiary alicyclic amines) is 1. The fourth-order valence-corrected chi connectivity index (χ4v) is 2.32. The molecular formula is C14H17NO3. The molecule has 1 unspecified atom stereocenters. The van der Waals surface area contributed by atoms with Gasteiger partial charge >= 0.3 is 5.97 Å². The summed E-state index contributed by atoms with van der Waals surface area (Å²) in [6, 6.07) is 9.17. The van der Waals surface area contributed by atoms with Gasteiger partial charge in [-0.25, -0.2) is 4.79 Å². The number of rotatable bonds is 3. The monoisotopic (exact) mass is 247 g/mol. The van der Waals surface area contributed by atoms with Crippen molar-refractivity contribution in [2.24, 2.45) is 0 Å². The van der Waals surface area contributed by atoms with Crippen LogP contribution in [0.3, 0.4) is 0 Å². The van der Waals surface area contributed by atoms with Crippen LogP contribution < -0.4 is 0 Å². The second kappa shape index (κ2) is 5.67. The summed E-state index contributed by atoms with van der Waals surface area (Å²) < 4.78 is 4.73. The minimum atomic E-state index is -0.397. The molecule has 1 heterocycles. The number of methoxy groups -OCH3 is 1. The van der Waals surface area contributed by atoms with Crippen LogP contribution in [0.15, 0.2) is 30.3 Å². The van der Waals surface area contributed by atoms with E-state index in [2.05, 4.69) is 0 Å². The zero-order chi connectivity index (χ0) is 13.0. The second-order valence-electron chi connectivity index (χ2n) is 4.43. The van der Waals surface area contributed by atoms with E-state index >= 15 is 0 Å². The van der Waals surface area contributed by atoms with Crippen molar-refractivity contribution < 1.29 is 14.3 Å². The Kier molecular flexibility index (Phi) is 3.97. The van der Waals surface area contributed by atoms with E-state index in [0.29, 0.717) is 19.4 Å².